The van der Waals surface area contributed by atoms with Crippen molar-refractivity contribution in [2.75, 3.05) is 0 Å². The van der Waals surface area contributed by atoms with Gasteiger partial charge in [0.25, 0.3) is 5.69 Å². The second kappa shape index (κ2) is 6.00. The van der Waals surface area contributed by atoms with Gasteiger partial charge in [-0.05, 0) is 24.3 Å². The third-order valence-electron chi connectivity index (χ3n) is 2.74. The number of aromatic carboxylic acids is 1. The van der Waals surface area contributed by atoms with Crippen molar-refractivity contribution >= 4 is 11.7 Å². The van der Waals surface area contributed by atoms with Crippen LogP contribution < -0.4 is 4.74 Å². The van der Waals surface area contributed by atoms with Gasteiger partial charge in [0.05, 0.1) is 10.5 Å². The number of benzene rings is 2. The smallest absolute Gasteiger partial charge is 0.336 e. The molecule has 0 atom stereocenters. The van der Waals surface area contributed by atoms with Crippen molar-refractivity contribution in [1.82, 2.24) is 0 Å². The van der Waals surface area contributed by atoms with Gasteiger partial charge in [0.1, 0.15) is 18.2 Å². The van der Waals surface area contributed by atoms with Crippen molar-refractivity contribution in [3.05, 3.63) is 69.5 Å². The summed E-state index contributed by atoms with van der Waals surface area (Å²) in [5.74, 6) is -1.55. The molecule has 2 rings (SSSR count). The highest BCUT2D eigenvalue weighted by Gasteiger charge is 2.12. The topological polar surface area (TPSA) is 89.7 Å². The lowest BCUT2D eigenvalue weighted by Crippen LogP contribution is -2.06. The minimum absolute atomic E-state index is 0.0737. The van der Waals surface area contributed by atoms with Crippen LogP contribution in [0.5, 0.6) is 5.75 Å². The fourth-order valence-electron chi connectivity index (χ4n) is 1.70. The van der Waals surface area contributed by atoms with E-state index in [9.17, 15) is 19.3 Å². The molecule has 0 aromatic heterocycles. The van der Waals surface area contributed by atoms with Gasteiger partial charge in [0, 0.05) is 17.7 Å². The molecule has 0 spiro atoms. The summed E-state index contributed by atoms with van der Waals surface area (Å²) in [6.07, 6.45) is 0. The number of rotatable bonds is 5. The van der Waals surface area contributed by atoms with E-state index >= 15 is 0 Å². The maximum atomic E-state index is 13.0. The molecule has 0 saturated carbocycles. The zero-order valence-corrected chi connectivity index (χ0v) is 10.7. The van der Waals surface area contributed by atoms with E-state index in [1.165, 1.54) is 30.3 Å². The van der Waals surface area contributed by atoms with Crippen molar-refractivity contribution in [2.45, 2.75) is 6.61 Å². The van der Waals surface area contributed by atoms with E-state index in [4.69, 9.17) is 9.84 Å². The molecule has 0 aliphatic heterocycles. The van der Waals surface area contributed by atoms with E-state index < -0.39 is 16.7 Å². The molecule has 108 valence electrons. The van der Waals surface area contributed by atoms with E-state index in [1.54, 1.807) is 0 Å². The molecule has 2 aromatic rings. The van der Waals surface area contributed by atoms with Gasteiger partial charge in [-0.15, -0.1) is 0 Å². The van der Waals surface area contributed by atoms with Gasteiger partial charge in [0.15, 0.2) is 0 Å². The lowest BCUT2D eigenvalue weighted by atomic mass is 10.1. The van der Waals surface area contributed by atoms with E-state index in [2.05, 4.69) is 0 Å². The van der Waals surface area contributed by atoms with Gasteiger partial charge in [-0.2, -0.15) is 0 Å². The molecule has 0 amide bonds. The summed E-state index contributed by atoms with van der Waals surface area (Å²) < 4.78 is 18.4. The Morgan fingerprint density at radius 2 is 1.90 bits per heavy atom. The first kappa shape index (κ1) is 14.4. The molecule has 6 nitrogen and oxygen atoms in total. The normalized spacial score (nSPS) is 10.1. The Hall–Kier alpha value is -2.96. The summed E-state index contributed by atoms with van der Waals surface area (Å²) in [6, 6.07) is 8.74. The summed E-state index contributed by atoms with van der Waals surface area (Å²) in [5.41, 5.74) is 0.0505. The van der Waals surface area contributed by atoms with Crippen molar-refractivity contribution in [2.24, 2.45) is 0 Å². The van der Waals surface area contributed by atoms with E-state index in [-0.39, 0.29) is 17.9 Å². The minimum atomic E-state index is -1.25. The van der Waals surface area contributed by atoms with Crippen LogP contribution in [0.4, 0.5) is 10.1 Å². The molecular weight excluding hydrogens is 281 g/mol. The van der Waals surface area contributed by atoms with Crippen LogP contribution in [0.25, 0.3) is 0 Å². The van der Waals surface area contributed by atoms with Gasteiger partial charge in [-0.1, -0.05) is 6.07 Å². The highest BCUT2D eigenvalue weighted by Crippen LogP contribution is 2.19. The number of nitro benzene ring substituents is 1. The van der Waals surface area contributed by atoms with Gasteiger partial charge in [-0.25, -0.2) is 9.18 Å². The average Bonchev–Trinajstić information content (AvgIpc) is 2.46. The number of carbonyl (C=O) groups is 1. The summed E-state index contributed by atoms with van der Waals surface area (Å²) in [6.45, 7) is -0.0836. The fraction of sp³-hybridized carbons (Fsp3) is 0.0714. The monoisotopic (exact) mass is 291 g/mol. The summed E-state index contributed by atoms with van der Waals surface area (Å²) in [7, 11) is 0. The maximum Gasteiger partial charge on any atom is 0.336 e. The van der Waals surface area contributed by atoms with Crippen LogP contribution >= 0.6 is 0 Å². The Bertz CT molecular complexity index is 684. The minimum Gasteiger partial charge on any atom is -0.489 e. The number of ether oxygens (including phenoxy) is 1. The molecule has 0 saturated heterocycles. The lowest BCUT2D eigenvalue weighted by molar-refractivity contribution is -0.384. The Labute approximate surface area is 118 Å². The first-order chi connectivity index (χ1) is 9.97. The van der Waals surface area contributed by atoms with Crippen LogP contribution in [-0.4, -0.2) is 16.0 Å². The standard InChI is InChI=1S/C14H10FNO5/c15-10-2-1-9(13(7-10)14(17)18)8-21-12-5-3-11(4-6-12)16(19)20/h1-7H,8H2,(H,17,18). The van der Waals surface area contributed by atoms with E-state index in [1.807, 2.05) is 0 Å². The highest BCUT2D eigenvalue weighted by atomic mass is 19.1. The predicted octanol–water partition coefficient (Wildman–Crippen LogP) is 3.01. The molecule has 7 heteroatoms. The fourth-order valence-corrected chi connectivity index (χ4v) is 1.70. The largest absolute Gasteiger partial charge is 0.489 e. The van der Waals surface area contributed by atoms with Crippen LogP contribution in [0.2, 0.25) is 0 Å². The molecule has 21 heavy (non-hydrogen) atoms. The first-order valence-electron chi connectivity index (χ1n) is 5.86. The Balaban J connectivity index is 2.13. The van der Waals surface area contributed by atoms with E-state index in [0.29, 0.717) is 11.3 Å². The van der Waals surface area contributed by atoms with Gasteiger partial charge in [-0.3, -0.25) is 10.1 Å². The molecule has 0 heterocycles. The van der Waals surface area contributed by atoms with Crippen molar-refractivity contribution in [3.63, 3.8) is 0 Å². The number of halogens is 1. The second-order valence-corrected chi connectivity index (χ2v) is 4.15. The van der Waals surface area contributed by atoms with Crippen molar-refractivity contribution in [3.8, 4) is 5.75 Å². The lowest BCUT2D eigenvalue weighted by Gasteiger charge is -2.08. The molecule has 0 aliphatic carbocycles. The molecule has 0 fully saturated rings. The SMILES string of the molecule is O=C(O)c1cc(F)ccc1COc1ccc([N+](=O)[O-])cc1. The third-order valence-corrected chi connectivity index (χ3v) is 2.74. The zero-order chi connectivity index (χ0) is 15.4. The molecule has 0 radical (unpaired) electrons. The zero-order valence-electron chi connectivity index (χ0n) is 10.7. The Morgan fingerprint density at radius 1 is 1.24 bits per heavy atom. The number of nitrogens with zero attached hydrogens (tertiary/aromatic N) is 1. The number of nitro groups is 1. The number of hydrogen-bond acceptors (Lipinski definition) is 4. The third kappa shape index (κ3) is 3.53. The van der Waals surface area contributed by atoms with Gasteiger partial charge >= 0.3 is 5.97 Å². The molecule has 1 N–H and O–H groups in total. The number of hydrogen-bond donors (Lipinski definition) is 1. The van der Waals surface area contributed by atoms with E-state index in [0.717, 1.165) is 12.1 Å². The van der Waals surface area contributed by atoms with Crippen LogP contribution in [-0.2, 0) is 6.61 Å². The van der Waals surface area contributed by atoms with Crippen molar-refractivity contribution < 1.29 is 24.0 Å². The summed E-state index contributed by atoms with van der Waals surface area (Å²) in [4.78, 5) is 21.0. The highest BCUT2D eigenvalue weighted by molar-refractivity contribution is 5.89. The Morgan fingerprint density at radius 3 is 2.48 bits per heavy atom. The molecule has 0 aliphatic rings. The summed E-state index contributed by atoms with van der Waals surface area (Å²) in [5, 5.41) is 19.5. The summed E-state index contributed by atoms with van der Waals surface area (Å²) >= 11 is 0. The number of non-ortho nitro benzene ring substituents is 1. The molecule has 2 aromatic carbocycles. The van der Waals surface area contributed by atoms with Crippen LogP contribution in [0.3, 0.4) is 0 Å². The second-order valence-electron chi connectivity index (χ2n) is 4.15. The van der Waals surface area contributed by atoms with Crippen LogP contribution in [0, 0.1) is 15.9 Å². The quantitative estimate of drug-likeness (QED) is 0.675. The van der Waals surface area contributed by atoms with Crippen LogP contribution in [0.1, 0.15) is 15.9 Å². The first-order valence-corrected chi connectivity index (χ1v) is 5.86. The van der Waals surface area contributed by atoms with Crippen molar-refractivity contribution in [1.29, 1.82) is 0 Å². The average molecular weight is 291 g/mol. The molecule has 0 unspecified atom stereocenters. The predicted molar refractivity (Wildman–Crippen MR) is 70.8 cm³/mol. The molecule has 0 bridgehead atoms. The number of carboxylic acids is 1. The maximum absolute atomic E-state index is 13.0. The van der Waals surface area contributed by atoms with Crippen LogP contribution in [0.15, 0.2) is 42.5 Å². The Kier molecular flexibility index (Phi) is 4.13. The van der Waals surface area contributed by atoms with Gasteiger partial charge in [0.2, 0.25) is 0 Å². The molecular formula is C14H10FNO5. The number of carboxylic acid groups (broad SMARTS) is 1. The van der Waals surface area contributed by atoms with Gasteiger partial charge < -0.3 is 9.84 Å².